The second-order valence-electron chi connectivity index (χ2n) is 17.7. The summed E-state index contributed by atoms with van der Waals surface area (Å²) in [7, 11) is 0. The van der Waals surface area contributed by atoms with E-state index in [-0.39, 0.29) is 5.41 Å². The zero-order chi connectivity index (χ0) is 43.2. The Balaban J connectivity index is 1.07. The van der Waals surface area contributed by atoms with E-state index < -0.39 is 0 Å². The zero-order valence-electron chi connectivity index (χ0n) is 36.1. The van der Waals surface area contributed by atoms with E-state index in [0.29, 0.717) is 5.82 Å². The molecule has 3 aromatic heterocycles. The topological polar surface area (TPSA) is 35.6 Å². The highest BCUT2D eigenvalue weighted by atomic mass is 15.0. The van der Waals surface area contributed by atoms with E-state index in [9.17, 15) is 0 Å². The molecule has 306 valence electrons. The first-order chi connectivity index (χ1) is 32.0. The van der Waals surface area contributed by atoms with E-state index in [1.165, 1.54) is 71.4 Å². The third-order valence-electron chi connectivity index (χ3n) is 13.7. The molecule has 0 N–H and O–H groups in total. The summed E-state index contributed by atoms with van der Waals surface area (Å²) in [6.45, 7) is 4.83. The lowest BCUT2D eigenvalue weighted by Crippen LogP contribution is -2.15. The van der Waals surface area contributed by atoms with Crippen molar-refractivity contribution in [2.75, 3.05) is 0 Å². The molecule has 0 saturated carbocycles. The van der Waals surface area contributed by atoms with Crippen molar-refractivity contribution in [3.8, 4) is 67.5 Å². The van der Waals surface area contributed by atoms with Crippen LogP contribution in [0.2, 0.25) is 0 Å². The highest BCUT2D eigenvalue weighted by molar-refractivity contribution is 6.31. The van der Waals surface area contributed by atoms with Crippen molar-refractivity contribution in [2.24, 2.45) is 0 Å². The molecule has 0 atom stereocenters. The van der Waals surface area contributed by atoms with E-state index >= 15 is 0 Å². The van der Waals surface area contributed by atoms with Gasteiger partial charge in [0.1, 0.15) is 0 Å². The molecule has 0 saturated heterocycles. The highest BCUT2D eigenvalue weighted by Crippen LogP contribution is 2.58. The summed E-state index contributed by atoms with van der Waals surface area (Å²) in [6, 6.07) is 78.5. The Morgan fingerprint density at radius 2 is 0.908 bits per heavy atom. The van der Waals surface area contributed by atoms with Crippen molar-refractivity contribution in [1.29, 1.82) is 0 Å². The van der Waals surface area contributed by atoms with Crippen LogP contribution in [0.4, 0.5) is 0 Å². The van der Waals surface area contributed by atoms with E-state index in [0.717, 1.165) is 45.0 Å². The maximum Gasteiger partial charge on any atom is 0.160 e. The number of aromatic nitrogens is 4. The smallest absolute Gasteiger partial charge is 0.160 e. The molecule has 0 radical (unpaired) electrons. The van der Waals surface area contributed by atoms with Crippen molar-refractivity contribution < 1.29 is 0 Å². The molecule has 3 heterocycles. The molecule has 4 nitrogen and oxygen atoms in total. The van der Waals surface area contributed by atoms with Crippen molar-refractivity contribution in [1.82, 2.24) is 19.1 Å². The van der Waals surface area contributed by atoms with Crippen LogP contribution in [0.5, 0.6) is 0 Å². The minimum atomic E-state index is -0.253. The number of nitrogens with zero attached hydrogens (tertiary/aromatic N) is 4. The average Bonchev–Trinajstić information content (AvgIpc) is 3.98. The van der Waals surface area contributed by atoms with Gasteiger partial charge in [-0.15, -0.1) is 0 Å². The van der Waals surface area contributed by atoms with Gasteiger partial charge in [0.25, 0.3) is 0 Å². The van der Waals surface area contributed by atoms with Crippen molar-refractivity contribution in [3.05, 3.63) is 230 Å². The Labute approximate surface area is 377 Å². The molecule has 1 aliphatic rings. The van der Waals surface area contributed by atoms with Crippen LogP contribution in [0.1, 0.15) is 25.0 Å². The van der Waals surface area contributed by atoms with Crippen LogP contribution in [0.25, 0.3) is 111 Å². The Hall–Kier alpha value is -8.34. The predicted octanol–water partition coefficient (Wildman–Crippen LogP) is 15.6. The second-order valence-corrected chi connectivity index (χ2v) is 17.7. The van der Waals surface area contributed by atoms with E-state index in [4.69, 9.17) is 9.97 Å². The van der Waals surface area contributed by atoms with Crippen LogP contribution < -0.4 is 0 Å². The fraction of sp³-hybridized carbons (Fsp3) is 0.0492. The molecule has 0 spiro atoms. The average molecular weight is 831 g/mol. The van der Waals surface area contributed by atoms with Gasteiger partial charge in [-0.1, -0.05) is 184 Å². The number of hydrogen-bond donors (Lipinski definition) is 0. The molecule has 4 heteroatoms. The summed E-state index contributed by atoms with van der Waals surface area (Å²) in [6.07, 6.45) is 0. The van der Waals surface area contributed by atoms with Crippen LogP contribution in [-0.2, 0) is 5.41 Å². The molecule has 0 unspecified atom stereocenters. The lowest BCUT2D eigenvalue weighted by molar-refractivity contribution is 0.667. The molecule has 9 aromatic carbocycles. The van der Waals surface area contributed by atoms with E-state index in [1.807, 2.05) is 18.2 Å². The van der Waals surface area contributed by atoms with Gasteiger partial charge in [0, 0.05) is 60.6 Å². The summed E-state index contributed by atoms with van der Waals surface area (Å²) < 4.78 is 5.03. The van der Waals surface area contributed by atoms with Crippen molar-refractivity contribution in [3.63, 3.8) is 0 Å². The standard InChI is InChI=1S/C61H42N4/c1-61(2)49-30-15-12-27-46(49)54-57(61)55-47-28-13-16-31-52(47)64(44-25-10-5-11-26-44)59(55)56-48-29-14-17-32-53(48)65(58(54)56)45-35-33-40(34-36-45)50-38-51(63-60(62-50)41-21-8-4-9-22-41)43-24-18-23-42(37-43)39-19-6-3-7-20-39/h3-38H,1-2H3. The Bertz CT molecular complexity index is 3820. The molecule has 0 amide bonds. The van der Waals surface area contributed by atoms with Crippen LogP contribution in [0, 0.1) is 0 Å². The number of rotatable bonds is 6. The Morgan fingerprint density at radius 1 is 0.385 bits per heavy atom. The summed E-state index contributed by atoms with van der Waals surface area (Å²) in [5, 5.41) is 5.09. The molecule has 0 fully saturated rings. The summed E-state index contributed by atoms with van der Waals surface area (Å²) in [4.78, 5) is 10.4. The fourth-order valence-corrected chi connectivity index (χ4v) is 10.8. The first kappa shape index (κ1) is 37.2. The van der Waals surface area contributed by atoms with Gasteiger partial charge in [-0.3, -0.25) is 0 Å². The quantitative estimate of drug-likeness (QED) is 0.167. The number of para-hydroxylation sites is 3. The number of fused-ring (bicyclic) bond motifs is 12. The minimum Gasteiger partial charge on any atom is -0.309 e. The van der Waals surface area contributed by atoms with Gasteiger partial charge >= 0.3 is 0 Å². The normalized spacial score (nSPS) is 12.9. The molecule has 65 heavy (non-hydrogen) atoms. The van der Waals surface area contributed by atoms with Gasteiger partial charge in [-0.2, -0.15) is 0 Å². The van der Waals surface area contributed by atoms with Crippen molar-refractivity contribution in [2.45, 2.75) is 19.3 Å². The molecule has 1 aliphatic carbocycles. The van der Waals surface area contributed by atoms with Crippen LogP contribution in [-0.4, -0.2) is 19.1 Å². The molecule has 13 rings (SSSR count). The molecular formula is C61H42N4. The Kier molecular flexibility index (Phi) is 8.22. The summed E-state index contributed by atoms with van der Waals surface area (Å²) in [5.74, 6) is 0.698. The number of hydrogen-bond acceptors (Lipinski definition) is 2. The monoisotopic (exact) mass is 830 g/mol. The Morgan fingerprint density at radius 3 is 1.62 bits per heavy atom. The summed E-state index contributed by atoms with van der Waals surface area (Å²) >= 11 is 0. The first-order valence-electron chi connectivity index (χ1n) is 22.4. The fourth-order valence-electron chi connectivity index (χ4n) is 10.8. The van der Waals surface area contributed by atoms with E-state index in [2.05, 4.69) is 223 Å². The van der Waals surface area contributed by atoms with Gasteiger partial charge in [-0.25, -0.2) is 9.97 Å². The molecule has 0 aliphatic heterocycles. The lowest BCUT2D eigenvalue weighted by atomic mass is 9.80. The summed E-state index contributed by atoms with van der Waals surface area (Å²) in [5.41, 5.74) is 19.3. The van der Waals surface area contributed by atoms with Gasteiger partial charge in [-0.05, 0) is 76.3 Å². The predicted molar refractivity (Wildman–Crippen MR) is 270 cm³/mol. The van der Waals surface area contributed by atoms with Gasteiger partial charge < -0.3 is 9.13 Å². The van der Waals surface area contributed by atoms with Gasteiger partial charge in [0.15, 0.2) is 5.82 Å². The zero-order valence-corrected chi connectivity index (χ0v) is 36.1. The van der Waals surface area contributed by atoms with Crippen LogP contribution in [0.3, 0.4) is 0 Å². The van der Waals surface area contributed by atoms with Gasteiger partial charge in [0.2, 0.25) is 0 Å². The lowest BCUT2D eigenvalue weighted by Gasteiger charge is -2.23. The third kappa shape index (κ3) is 5.63. The molecular weight excluding hydrogens is 789 g/mol. The van der Waals surface area contributed by atoms with E-state index in [1.54, 1.807) is 0 Å². The minimum absolute atomic E-state index is 0.253. The SMILES string of the molecule is CC1(C)c2ccccc2-c2c1c1c3ccccc3n(-c3ccccc3)c1c1c3ccccc3n(-c3ccc(-c4cc(-c5cccc(-c6ccccc6)c5)nc(-c5ccccc5)n4)cc3)c21. The van der Waals surface area contributed by atoms with Crippen molar-refractivity contribution >= 4 is 43.6 Å². The number of benzene rings is 9. The maximum absolute atomic E-state index is 5.23. The third-order valence-corrected chi connectivity index (χ3v) is 13.7. The largest absolute Gasteiger partial charge is 0.309 e. The molecule has 0 bridgehead atoms. The highest BCUT2D eigenvalue weighted by Gasteiger charge is 2.41. The second kappa shape index (κ2) is 14.3. The van der Waals surface area contributed by atoms with Crippen LogP contribution in [0.15, 0.2) is 218 Å². The molecule has 12 aromatic rings. The van der Waals surface area contributed by atoms with Gasteiger partial charge in [0.05, 0.1) is 33.5 Å². The first-order valence-corrected chi connectivity index (χ1v) is 22.4. The van der Waals surface area contributed by atoms with Crippen LogP contribution >= 0.6 is 0 Å². The maximum atomic E-state index is 5.23.